The average Bonchev–Trinajstić information content (AvgIpc) is 2.72. The molecule has 0 bridgehead atoms. The van der Waals surface area contributed by atoms with Gasteiger partial charge in [0.1, 0.15) is 11.6 Å². The first-order chi connectivity index (χ1) is 10.2. The largest absolute Gasteiger partial charge is 0.384 e. The Bertz CT molecular complexity index is 602. The monoisotopic (exact) mass is 284 g/mol. The van der Waals surface area contributed by atoms with Gasteiger partial charge in [0.25, 0.3) is 0 Å². The van der Waals surface area contributed by atoms with Crippen molar-refractivity contribution < 1.29 is 4.74 Å². The van der Waals surface area contributed by atoms with Gasteiger partial charge in [-0.3, -0.25) is 0 Å². The molecule has 1 unspecified atom stereocenters. The highest BCUT2D eigenvalue weighted by Crippen LogP contribution is 2.22. The fraction of sp³-hybridized carbons (Fsp3) is 0.375. The molecule has 5 nitrogen and oxygen atoms in total. The number of nitrogen functional groups attached to an aromatic ring is 1. The maximum Gasteiger partial charge on any atom is 0.163 e. The first-order valence-electron chi connectivity index (χ1n) is 7.29. The lowest BCUT2D eigenvalue weighted by molar-refractivity contribution is 0.0820. The summed E-state index contributed by atoms with van der Waals surface area (Å²) >= 11 is 0. The Kier molecular flexibility index (Phi) is 4.01. The van der Waals surface area contributed by atoms with Crippen LogP contribution in [0, 0.1) is 0 Å². The number of benzene rings is 1. The van der Waals surface area contributed by atoms with E-state index in [0.717, 1.165) is 37.5 Å². The van der Waals surface area contributed by atoms with Crippen molar-refractivity contribution in [1.29, 1.82) is 0 Å². The van der Waals surface area contributed by atoms with Crippen LogP contribution in [0.15, 0.2) is 36.4 Å². The lowest BCUT2D eigenvalue weighted by Gasteiger charge is -2.23. The van der Waals surface area contributed by atoms with Gasteiger partial charge in [0.05, 0.1) is 6.10 Å². The van der Waals surface area contributed by atoms with Crippen LogP contribution >= 0.6 is 0 Å². The molecule has 0 spiro atoms. The van der Waals surface area contributed by atoms with E-state index in [4.69, 9.17) is 10.5 Å². The number of anilines is 2. The number of rotatable bonds is 2. The Labute approximate surface area is 124 Å². The van der Waals surface area contributed by atoms with Crippen LogP contribution in [0.3, 0.4) is 0 Å². The van der Waals surface area contributed by atoms with Crippen molar-refractivity contribution in [2.45, 2.75) is 19.4 Å². The molecule has 0 saturated carbocycles. The van der Waals surface area contributed by atoms with E-state index in [1.165, 1.54) is 0 Å². The van der Waals surface area contributed by atoms with E-state index in [1.54, 1.807) is 0 Å². The number of nitrogens with zero attached hydrogens (tertiary/aromatic N) is 3. The second-order valence-electron chi connectivity index (χ2n) is 5.32. The number of ether oxygens (including phenoxy) is 1. The van der Waals surface area contributed by atoms with Gasteiger partial charge in [-0.05, 0) is 13.3 Å². The molecule has 2 aromatic rings. The molecule has 1 aliphatic heterocycles. The van der Waals surface area contributed by atoms with Gasteiger partial charge in [-0.25, -0.2) is 9.97 Å². The van der Waals surface area contributed by atoms with Crippen LogP contribution in [0.5, 0.6) is 0 Å². The predicted molar refractivity (Wildman–Crippen MR) is 84.1 cm³/mol. The van der Waals surface area contributed by atoms with E-state index in [1.807, 2.05) is 36.4 Å². The van der Waals surface area contributed by atoms with Gasteiger partial charge in [-0.2, -0.15) is 0 Å². The zero-order valence-electron chi connectivity index (χ0n) is 12.2. The maximum atomic E-state index is 5.97. The van der Waals surface area contributed by atoms with Crippen LogP contribution in [0.4, 0.5) is 11.6 Å². The topological polar surface area (TPSA) is 64.3 Å². The van der Waals surface area contributed by atoms with Crippen molar-refractivity contribution in [3.05, 3.63) is 36.4 Å². The van der Waals surface area contributed by atoms with Crippen molar-refractivity contribution in [2.75, 3.05) is 30.3 Å². The summed E-state index contributed by atoms with van der Waals surface area (Å²) < 4.78 is 5.68. The Morgan fingerprint density at radius 1 is 1.24 bits per heavy atom. The zero-order valence-corrected chi connectivity index (χ0v) is 12.2. The highest BCUT2D eigenvalue weighted by Gasteiger charge is 2.18. The van der Waals surface area contributed by atoms with Gasteiger partial charge in [0.15, 0.2) is 5.82 Å². The third-order valence-corrected chi connectivity index (χ3v) is 3.54. The summed E-state index contributed by atoms with van der Waals surface area (Å²) in [6.45, 7) is 4.63. The Morgan fingerprint density at radius 2 is 2.05 bits per heavy atom. The third-order valence-electron chi connectivity index (χ3n) is 3.54. The first kappa shape index (κ1) is 13.8. The number of hydrogen-bond donors (Lipinski definition) is 1. The van der Waals surface area contributed by atoms with Crippen LogP contribution < -0.4 is 10.6 Å². The number of aromatic nitrogens is 2. The molecule has 1 aromatic heterocycles. The number of hydrogen-bond acceptors (Lipinski definition) is 5. The Hall–Kier alpha value is -2.14. The molecule has 1 aliphatic rings. The maximum absolute atomic E-state index is 5.97. The molecule has 3 rings (SSSR count). The van der Waals surface area contributed by atoms with Gasteiger partial charge < -0.3 is 15.4 Å². The summed E-state index contributed by atoms with van der Waals surface area (Å²) in [5.74, 6) is 2.04. The summed E-state index contributed by atoms with van der Waals surface area (Å²) in [5.41, 5.74) is 6.95. The average molecular weight is 284 g/mol. The minimum atomic E-state index is 0.198. The molecule has 1 fully saturated rings. The van der Waals surface area contributed by atoms with E-state index in [2.05, 4.69) is 21.8 Å². The number of nitrogens with two attached hydrogens (primary N) is 1. The lowest BCUT2D eigenvalue weighted by atomic mass is 10.2. The Balaban J connectivity index is 1.94. The summed E-state index contributed by atoms with van der Waals surface area (Å²) in [7, 11) is 0. The highest BCUT2D eigenvalue weighted by atomic mass is 16.5. The summed E-state index contributed by atoms with van der Waals surface area (Å²) in [6, 6.07) is 11.8. The van der Waals surface area contributed by atoms with Crippen LogP contribution in [-0.4, -0.2) is 35.8 Å². The van der Waals surface area contributed by atoms with Crippen molar-refractivity contribution >= 4 is 11.6 Å². The molecule has 0 aliphatic carbocycles. The van der Waals surface area contributed by atoms with Crippen LogP contribution in [0.25, 0.3) is 11.4 Å². The normalized spacial score (nSPS) is 19.3. The van der Waals surface area contributed by atoms with Gasteiger partial charge >= 0.3 is 0 Å². The molecule has 110 valence electrons. The molecular formula is C16H20N4O. The molecule has 5 heteroatoms. The molecule has 1 aromatic carbocycles. The Morgan fingerprint density at radius 3 is 2.86 bits per heavy atom. The van der Waals surface area contributed by atoms with E-state index >= 15 is 0 Å². The van der Waals surface area contributed by atoms with E-state index in [9.17, 15) is 0 Å². The highest BCUT2D eigenvalue weighted by molar-refractivity contribution is 5.60. The van der Waals surface area contributed by atoms with Crippen LogP contribution in [0.2, 0.25) is 0 Å². The fourth-order valence-electron chi connectivity index (χ4n) is 2.53. The second kappa shape index (κ2) is 6.10. The van der Waals surface area contributed by atoms with E-state index in [-0.39, 0.29) is 6.10 Å². The van der Waals surface area contributed by atoms with Crippen molar-refractivity contribution in [2.24, 2.45) is 0 Å². The van der Waals surface area contributed by atoms with Crippen molar-refractivity contribution in [3.63, 3.8) is 0 Å². The van der Waals surface area contributed by atoms with Gasteiger partial charge in [0.2, 0.25) is 0 Å². The van der Waals surface area contributed by atoms with Crippen LogP contribution in [-0.2, 0) is 4.74 Å². The van der Waals surface area contributed by atoms with Gasteiger partial charge in [0, 0.05) is 31.3 Å². The third kappa shape index (κ3) is 3.31. The summed E-state index contributed by atoms with van der Waals surface area (Å²) in [4.78, 5) is 11.3. The van der Waals surface area contributed by atoms with E-state index in [0.29, 0.717) is 11.6 Å². The molecule has 1 saturated heterocycles. The predicted octanol–water partition coefficient (Wildman–Crippen LogP) is 2.34. The molecule has 2 heterocycles. The minimum Gasteiger partial charge on any atom is -0.384 e. The second-order valence-corrected chi connectivity index (χ2v) is 5.32. The molecular weight excluding hydrogens is 264 g/mol. The van der Waals surface area contributed by atoms with Crippen molar-refractivity contribution in [3.8, 4) is 11.4 Å². The molecule has 0 radical (unpaired) electrons. The quantitative estimate of drug-likeness (QED) is 0.917. The van der Waals surface area contributed by atoms with Crippen LogP contribution in [0.1, 0.15) is 13.3 Å². The molecule has 21 heavy (non-hydrogen) atoms. The minimum absolute atomic E-state index is 0.198. The fourth-order valence-corrected chi connectivity index (χ4v) is 2.53. The molecule has 1 atom stereocenters. The van der Waals surface area contributed by atoms with Gasteiger partial charge in [-0.15, -0.1) is 0 Å². The zero-order chi connectivity index (χ0) is 14.7. The van der Waals surface area contributed by atoms with E-state index < -0.39 is 0 Å². The lowest BCUT2D eigenvalue weighted by Crippen LogP contribution is -2.31. The van der Waals surface area contributed by atoms with Crippen molar-refractivity contribution in [1.82, 2.24) is 9.97 Å². The standard InChI is InChI=1S/C16H20N4O/c1-12-11-20(8-5-9-21-12)15-10-14(17)18-16(19-15)13-6-3-2-4-7-13/h2-4,6-7,10,12H,5,8-9,11H2,1H3,(H2,17,18,19). The first-order valence-corrected chi connectivity index (χ1v) is 7.29. The van der Waals surface area contributed by atoms with Gasteiger partial charge in [-0.1, -0.05) is 30.3 Å². The SMILES string of the molecule is CC1CN(c2cc(N)nc(-c3ccccc3)n2)CCCO1. The summed E-state index contributed by atoms with van der Waals surface area (Å²) in [6.07, 6.45) is 1.19. The summed E-state index contributed by atoms with van der Waals surface area (Å²) in [5, 5.41) is 0. The molecule has 2 N–H and O–H groups in total. The molecule has 0 amide bonds. The smallest absolute Gasteiger partial charge is 0.163 e.